The third-order valence-electron chi connectivity index (χ3n) is 7.17. The van der Waals surface area contributed by atoms with Gasteiger partial charge in [0.05, 0.1) is 12.2 Å². The van der Waals surface area contributed by atoms with Crippen LogP contribution in [0.2, 0.25) is 0 Å². The molecule has 0 spiro atoms. The minimum absolute atomic E-state index is 0.0763. The molecule has 0 bridgehead atoms. The number of carboxylic acid groups (broad SMARTS) is 1. The molecule has 39 heavy (non-hydrogen) atoms. The van der Waals surface area contributed by atoms with Crippen molar-refractivity contribution in [2.24, 2.45) is 5.92 Å². The molecule has 4 rings (SSSR count). The van der Waals surface area contributed by atoms with Crippen molar-refractivity contribution in [3.8, 4) is 16.9 Å². The van der Waals surface area contributed by atoms with E-state index >= 15 is 0 Å². The predicted octanol–water partition coefficient (Wildman–Crippen LogP) is 4.26. The van der Waals surface area contributed by atoms with Crippen LogP contribution in [0.15, 0.2) is 71.6 Å². The number of fused-ring (bicyclic) bond motifs is 1. The Morgan fingerprint density at radius 2 is 1.79 bits per heavy atom. The van der Waals surface area contributed by atoms with Crippen LogP contribution in [0, 0.1) is 12.8 Å². The predicted molar refractivity (Wildman–Crippen MR) is 150 cm³/mol. The van der Waals surface area contributed by atoms with E-state index in [0.717, 1.165) is 22.3 Å². The molecule has 0 radical (unpaired) electrons. The Morgan fingerprint density at radius 3 is 2.46 bits per heavy atom. The summed E-state index contributed by atoms with van der Waals surface area (Å²) in [6.45, 7) is 6.53. The van der Waals surface area contributed by atoms with Gasteiger partial charge >= 0.3 is 5.97 Å². The van der Waals surface area contributed by atoms with Crippen LogP contribution in [0.3, 0.4) is 0 Å². The lowest BCUT2D eigenvalue weighted by molar-refractivity contribution is 0.0694. The first-order valence-electron chi connectivity index (χ1n) is 13.0. The number of aliphatic hydroxyl groups is 1. The molecule has 9 heteroatoms. The molecule has 3 aromatic carbocycles. The molecule has 1 aliphatic rings. The van der Waals surface area contributed by atoms with E-state index in [2.05, 4.69) is 0 Å². The van der Waals surface area contributed by atoms with E-state index in [-0.39, 0.29) is 41.4 Å². The Kier molecular flexibility index (Phi) is 8.76. The van der Waals surface area contributed by atoms with Gasteiger partial charge in [0, 0.05) is 31.6 Å². The smallest absolute Gasteiger partial charge is 0.335 e. The van der Waals surface area contributed by atoms with Crippen molar-refractivity contribution in [1.82, 2.24) is 9.21 Å². The number of benzene rings is 3. The van der Waals surface area contributed by atoms with Crippen LogP contribution in [0.4, 0.5) is 0 Å². The number of aliphatic hydroxyl groups excluding tert-OH is 1. The van der Waals surface area contributed by atoms with Crippen LogP contribution in [0.5, 0.6) is 5.75 Å². The Balaban J connectivity index is 1.69. The fourth-order valence-electron chi connectivity index (χ4n) is 4.86. The molecule has 0 fully saturated rings. The fourth-order valence-corrected chi connectivity index (χ4v) is 6.68. The van der Waals surface area contributed by atoms with E-state index in [9.17, 15) is 23.4 Å². The minimum Gasteiger partial charge on any atom is -0.487 e. The van der Waals surface area contributed by atoms with E-state index in [1.165, 1.54) is 4.31 Å². The first kappa shape index (κ1) is 28.8. The number of likely N-dealkylation sites (N-methyl/N-ethyl adjacent to an activating group) is 1. The number of rotatable bonds is 8. The monoisotopic (exact) mass is 552 g/mol. The van der Waals surface area contributed by atoms with Gasteiger partial charge < -0.3 is 14.9 Å². The summed E-state index contributed by atoms with van der Waals surface area (Å²) >= 11 is 0. The maximum atomic E-state index is 13.7. The van der Waals surface area contributed by atoms with Gasteiger partial charge in [0.1, 0.15) is 16.7 Å². The Labute approximate surface area is 230 Å². The number of hydrogen-bond acceptors (Lipinski definition) is 6. The fraction of sp³-hybridized carbons (Fsp3) is 0.367. The molecule has 0 unspecified atom stereocenters. The molecule has 0 amide bonds. The second-order valence-corrected chi connectivity index (χ2v) is 12.3. The number of sulfonamides is 1. The van der Waals surface area contributed by atoms with Gasteiger partial charge in [-0.3, -0.25) is 4.90 Å². The van der Waals surface area contributed by atoms with Crippen molar-refractivity contribution in [3.63, 3.8) is 0 Å². The SMILES string of the molecule is Cc1ccc(-c2ccc3c(c2)O[C@H](CN(C)Cc2cccc(C(=O)O)c2)[C@@H](C)CN([C@@H](C)CO)S3(=O)=O)cc1. The molecular weight excluding hydrogens is 516 g/mol. The van der Waals surface area contributed by atoms with E-state index in [1.807, 2.05) is 56.1 Å². The second kappa shape index (κ2) is 11.9. The molecule has 1 aliphatic heterocycles. The molecule has 3 aromatic rings. The number of ether oxygens (including phenoxy) is 1. The quantitative estimate of drug-likeness (QED) is 0.430. The normalized spacial score (nSPS) is 19.9. The Bertz CT molecular complexity index is 1420. The number of aromatic carboxylic acids is 1. The van der Waals surface area contributed by atoms with Crippen LogP contribution in [-0.2, 0) is 16.6 Å². The van der Waals surface area contributed by atoms with Gasteiger partial charge in [-0.05, 0) is 61.9 Å². The van der Waals surface area contributed by atoms with Crippen molar-refractivity contribution >= 4 is 16.0 Å². The van der Waals surface area contributed by atoms with Crippen LogP contribution in [-0.4, -0.2) is 72.7 Å². The van der Waals surface area contributed by atoms with E-state index in [4.69, 9.17) is 4.74 Å². The van der Waals surface area contributed by atoms with Crippen LogP contribution in [0.1, 0.15) is 35.3 Å². The van der Waals surface area contributed by atoms with Crippen LogP contribution < -0.4 is 4.74 Å². The molecule has 1 heterocycles. The highest BCUT2D eigenvalue weighted by Gasteiger charge is 2.38. The number of aryl methyl sites for hydroxylation is 1. The van der Waals surface area contributed by atoms with Crippen molar-refractivity contribution in [2.45, 2.75) is 44.4 Å². The van der Waals surface area contributed by atoms with Gasteiger partial charge in [0.2, 0.25) is 10.0 Å². The summed E-state index contributed by atoms with van der Waals surface area (Å²) in [4.78, 5) is 13.5. The van der Waals surface area contributed by atoms with Gasteiger partial charge in [-0.15, -0.1) is 0 Å². The van der Waals surface area contributed by atoms with Gasteiger partial charge in [-0.25, -0.2) is 13.2 Å². The Hall–Kier alpha value is -3.24. The molecule has 0 aliphatic carbocycles. The molecule has 0 saturated carbocycles. The third-order valence-corrected chi connectivity index (χ3v) is 9.19. The van der Waals surface area contributed by atoms with E-state index < -0.39 is 22.0 Å². The van der Waals surface area contributed by atoms with Crippen molar-refractivity contribution < 1.29 is 28.2 Å². The summed E-state index contributed by atoms with van der Waals surface area (Å²) in [5.41, 5.74) is 4.01. The zero-order chi connectivity index (χ0) is 28.3. The summed E-state index contributed by atoms with van der Waals surface area (Å²) in [6.07, 6.45) is -0.367. The standard InChI is InChI=1S/C30H36N2O6S/c1-20-8-10-24(11-9-20)25-12-13-29-27(15-25)38-28(21(2)16-32(22(3)19-33)39(29,36)37)18-31(4)17-23-6-5-7-26(14-23)30(34)35/h5-15,21-22,28,33H,16-19H2,1-4H3,(H,34,35)/t21-,22-,28+/m0/s1. The topological polar surface area (TPSA) is 107 Å². The highest BCUT2D eigenvalue weighted by molar-refractivity contribution is 7.89. The highest BCUT2D eigenvalue weighted by atomic mass is 32.2. The minimum atomic E-state index is -3.93. The summed E-state index contributed by atoms with van der Waals surface area (Å²) in [5.74, 6) is -0.893. The lowest BCUT2D eigenvalue weighted by atomic mass is 10.0. The molecular formula is C30H36N2O6S. The van der Waals surface area contributed by atoms with Crippen LogP contribution in [0.25, 0.3) is 11.1 Å². The summed E-state index contributed by atoms with van der Waals surface area (Å²) in [5, 5.41) is 19.2. The molecule has 208 valence electrons. The Morgan fingerprint density at radius 1 is 1.10 bits per heavy atom. The highest BCUT2D eigenvalue weighted by Crippen LogP contribution is 2.36. The average Bonchev–Trinajstić information content (AvgIpc) is 2.90. The molecule has 0 aromatic heterocycles. The van der Waals surface area contributed by atoms with Gasteiger partial charge in [0.25, 0.3) is 0 Å². The third kappa shape index (κ3) is 6.50. The molecule has 8 nitrogen and oxygen atoms in total. The largest absolute Gasteiger partial charge is 0.487 e. The first-order valence-corrected chi connectivity index (χ1v) is 14.4. The number of hydrogen-bond donors (Lipinski definition) is 2. The summed E-state index contributed by atoms with van der Waals surface area (Å²) in [6, 6.07) is 19.4. The lowest BCUT2D eigenvalue weighted by Gasteiger charge is -2.37. The summed E-state index contributed by atoms with van der Waals surface area (Å²) in [7, 11) is -2.00. The number of carbonyl (C=O) groups is 1. The average molecular weight is 553 g/mol. The van der Waals surface area contributed by atoms with E-state index in [0.29, 0.717) is 13.1 Å². The van der Waals surface area contributed by atoms with Crippen molar-refractivity contribution in [3.05, 3.63) is 83.4 Å². The van der Waals surface area contributed by atoms with E-state index in [1.54, 1.807) is 43.3 Å². The first-order chi connectivity index (χ1) is 18.5. The molecule has 0 saturated heterocycles. The maximum absolute atomic E-state index is 13.7. The number of nitrogens with zero attached hydrogens (tertiary/aromatic N) is 2. The van der Waals surface area contributed by atoms with Crippen LogP contribution >= 0.6 is 0 Å². The van der Waals surface area contributed by atoms with Crippen molar-refractivity contribution in [2.75, 3.05) is 26.7 Å². The summed E-state index contributed by atoms with van der Waals surface area (Å²) < 4.78 is 35.4. The zero-order valence-corrected chi connectivity index (χ0v) is 23.6. The molecule has 3 atom stereocenters. The second-order valence-electron chi connectivity index (χ2n) is 10.5. The zero-order valence-electron chi connectivity index (χ0n) is 22.7. The number of carboxylic acids is 1. The van der Waals surface area contributed by atoms with Gasteiger partial charge in [-0.1, -0.05) is 55.0 Å². The van der Waals surface area contributed by atoms with Gasteiger partial charge in [0.15, 0.2) is 0 Å². The van der Waals surface area contributed by atoms with Gasteiger partial charge in [-0.2, -0.15) is 4.31 Å². The lowest BCUT2D eigenvalue weighted by Crippen LogP contribution is -2.49. The van der Waals surface area contributed by atoms with Crippen molar-refractivity contribution in [1.29, 1.82) is 0 Å². The molecule has 2 N–H and O–H groups in total. The maximum Gasteiger partial charge on any atom is 0.335 e.